The SMILES string of the molecule is COc1cc2[nH]c(=O)n(C)c(=O)c2cc1-c1cnco1. The van der Waals surface area contributed by atoms with Crippen LogP contribution in [0.5, 0.6) is 5.75 Å². The molecule has 2 heterocycles. The summed E-state index contributed by atoms with van der Waals surface area (Å²) in [5.74, 6) is 0.968. The molecule has 7 nitrogen and oxygen atoms in total. The highest BCUT2D eigenvalue weighted by atomic mass is 16.5. The van der Waals surface area contributed by atoms with Gasteiger partial charge in [0.2, 0.25) is 0 Å². The lowest BCUT2D eigenvalue weighted by atomic mass is 10.1. The van der Waals surface area contributed by atoms with E-state index >= 15 is 0 Å². The van der Waals surface area contributed by atoms with Crippen molar-refractivity contribution in [2.24, 2.45) is 7.05 Å². The van der Waals surface area contributed by atoms with Gasteiger partial charge in [-0.2, -0.15) is 0 Å². The molecule has 0 saturated heterocycles. The third-order valence-corrected chi connectivity index (χ3v) is 3.12. The first-order valence-electron chi connectivity index (χ1n) is 5.81. The van der Waals surface area contributed by atoms with Gasteiger partial charge < -0.3 is 14.1 Å². The molecule has 0 spiro atoms. The van der Waals surface area contributed by atoms with E-state index in [1.807, 2.05) is 0 Å². The molecule has 0 aliphatic carbocycles. The molecular formula is C13H11N3O4. The third-order valence-electron chi connectivity index (χ3n) is 3.12. The second kappa shape index (κ2) is 4.37. The standard InChI is InChI=1S/C13H11N3O4/c1-16-12(17)7-3-8(11-5-14-6-20-11)10(19-2)4-9(7)15-13(16)18/h3-6H,1-2H3,(H,15,18). The molecule has 0 saturated carbocycles. The van der Waals surface area contributed by atoms with Gasteiger partial charge in [-0.25, -0.2) is 9.78 Å². The number of hydrogen-bond donors (Lipinski definition) is 1. The second-order valence-corrected chi connectivity index (χ2v) is 4.26. The fourth-order valence-electron chi connectivity index (χ4n) is 2.04. The predicted octanol–water partition coefficient (Wildman–Crippen LogP) is 0.890. The van der Waals surface area contributed by atoms with Gasteiger partial charge in [-0.1, -0.05) is 0 Å². The zero-order chi connectivity index (χ0) is 14.3. The van der Waals surface area contributed by atoms with Crippen molar-refractivity contribution < 1.29 is 9.15 Å². The van der Waals surface area contributed by atoms with E-state index in [0.717, 1.165) is 4.57 Å². The van der Waals surface area contributed by atoms with Gasteiger partial charge in [-0.15, -0.1) is 0 Å². The van der Waals surface area contributed by atoms with E-state index in [1.165, 1.54) is 26.7 Å². The molecule has 0 aliphatic heterocycles. The molecule has 0 atom stereocenters. The van der Waals surface area contributed by atoms with Gasteiger partial charge in [0, 0.05) is 13.1 Å². The lowest BCUT2D eigenvalue weighted by Gasteiger charge is -2.08. The van der Waals surface area contributed by atoms with Crippen LogP contribution in [0, 0.1) is 0 Å². The monoisotopic (exact) mass is 273 g/mol. The van der Waals surface area contributed by atoms with Crippen molar-refractivity contribution >= 4 is 10.9 Å². The molecule has 0 fully saturated rings. The molecule has 0 aliphatic rings. The summed E-state index contributed by atoms with van der Waals surface area (Å²) in [6.45, 7) is 0. The van der Waals surface area contributed by atoms with Crippen molar-refractivity contribution in [2.45, 2.75) is 0 Å². The number of H-pyrrole nitrogens is 1. The predicted molar refractivity (Wildman–Crippen MR) is 71.9 cm³/mol. The van der Waals surface area contributed by atoms with E-state index in [1.54, 1.807) is 12.1 Å². The van der Waals surface area contributed by atoms with Gasteiger partial charge in [0.25, 0.3) is 5.56 Å². The smallest absolute Gasteiger partial charge is 0.328 e. The summed E-state index contributed by atoms with van der Waals surface area (Å²) in [5.41, 5.74) is 0.156. The van der Waals surface area contributed by atoms with Gasteiger partial charge in [0.15, 0.2) is 12.2 Å². The quantitative estimate of drug-likeness (QED) is 0.748. The topological polar surface area (TPSA) is 90.1 Å². The number of fused-ring (bicyclic) bond motifs is 1. The maximum absolute atomic E-state index is 12.1. The number of hydrogen-bond acceptors (Lipinski definition) is 5. The maximum Gasteiger partial charge on any atom is 0.328 e. The highest BCUT2D eigenvalue weighted by molar-refractivity contribution is 5.86. The first-order chi connectivity index (χ1) is 9.61. The fraction of sp³-hybridized carbons (Fsp3) is 0.154. The summed E-state index contributed by atoms with van der Waals surface area (Å²) in [6, 6.07) is 3.21. The first kappa shape index (κ1) is 12.2. The third kappa shape index (κ3) is 1.71. The van der Waals surface area contributed by atoms with Gasteiger partial charge >= 0.3 is 5.69 Å². The zero-order valence-electron chi connectivity index (χ0n) is 10.8. The number of rotatable bonds is 2. The molecule has 102 valence electrons. The Morgan fingerprint density at radius 2 is 2.15 bits per heavy atom. The number of aromatic nitrogens is 3. The fourth-order valence-corrected chi connectivity index (χ4v) is 2.04. The Morgan fingerprint density at radius 1 is 1.35 bits per heavy atom. The Morgan fingerprint density at radius 3 is 2.80 bits per heavy atom. The van der Waals surface area contributed by atoms with E-state index < -0.39 is 5.69 Å². The van der Waals surface area contributed by atoms with Crippen LogP contribution in [0.25, 0.3) is 22.2 Å². The van der Waals surface area contributed by atoms with Crippen molar-refractivity contribution in [1.29, 1.82) is 0 Å². The molecule has 0 amide bonds. The van der Waals surface area contributed by atoms with Crippen LogP contribution in [0.2, 0.25) is 0 Å². The van der Waals surface area contributed by atoms with E-state index in [2.05, 4.69) is 9.97 Å². The Hall–Kier alpha value is -2.83. The number of oxazole rings is 1. The largest absolute Gasteiger partial charge is 0.496 e. The number of nitrogens with one attached hydrogen (secondary N) is 1. The number of benzene rings is 1. The summed E-state index contributed by atoms with van der Waals surface area (Å²) in [5, 5.41) is 0.374. The highest BCUT2D eigenvalue weighted by Crippen LogP contribution is 2.32. The van der Waals surface area contributed by atoms with Crippen LogP contribution in [0.3, 0.4) is 0 Å². The number of methoxy groups -OCH3 is 1. The summed E-state index contributed by atoms with van der Waals surface area (Å²) in [6.07, 6.45) is 2.82. The lowest BCUT2D eigenvalue weighted by molar-refractivity contribution is 0.415. The molecule has 20 heavy (non-hydrogen) atoms. The molecule has 3 aromatic rings. The van der Waals surface area contributed by atoms with Crippen LogP contribution >= 0.6 is 0 Å². The Balaban J connectivity index is 2.43. The van der Waals surface area contributed by atoms with Crippen LogP contribution in [-0.2, 0) is 7.05 Å². The number of aromatic amines is 1. The van der Waals surface area contributed by atoms with Gasteiger partial charge in [-0.3, -0.25) is 9.36 Å². The Kier molecular flexibility index (Phi) is 2.67. The molecule has 1 N–H and O–H groups in total. The van der Waals surface area contributed by atoms with Crippen molar-refractivity contribution in [3.63, 3.8) is 0 Å². The van der Waals surface area contributed by atoms with Crippen molar-refractivity contribution in [2.75, 3.05) is 7.11 Å². The van der Waals surface area contributed by atoms with Gasteiger partial charge in [-0.05, 0) is 6.07 Å². The van der Waals surface area contributed by atoms with E-state index in [4.69, 9.17) is 9.15 Å². The highest BCUT2D eigenvalue weighted by Gasteiger charge is 2.14. The molecule has 0 bridgehead atoms. The van der Waals surface area contributed by atoms with Crippen molar-refractivity contribution in [3.8, 4) is 17.1 Å². The Labute approximate surface area is 112 Å². The van der Waals surface area contributed by atoms with Crippen LogP contribution < -0.4 is 16.0 Å². The molecule has 0 unspecified atom stereocenters. The normalized spacial score (nSPS) is 10.9. The molecule has 1 aromatic carbocycles. The van der Waals surface area contributed by atoms with E-state index in [9.17, 15) is 9.59 Å². The number of nitrogens with zero attached hydrogens (tertiary/aromatic N) is 2. The minimum Gasteiger partial charge on any atom is -0.496 e. The second-order valence-electron chi connectivity index (χ2n) is 4.26. The number of ether oxygens (including phenoxy) is 1. The average molecular weight is 273 g/mol. The van der Waals surface area contributed by atoms with Gasteiger partial charge in [0.05, 0.1) is 29.8 Å². The minimum absolute atomic E-state index is 0.374. The van der Waals surface area contributed by atoms with Crippen LogP contribution in [0.1, 0.15) is 0 Å². The summed E-state index contributed by atoms with van der Waals surface area (Å²) in [7, 11) is 2.92. The van der Waals surface area contributed by atoms with Gasteiger partial charge in [0.1, 0.15) is 5.75 Å². The molecule has 7 heteroatoms. The average Bonchev–Trinajstić information content (AvgIpc) is 2.98. The summed E-state index contributed by atoms with van der Waals surface area (Å²) >= 11 is 0. The minimum atomic E-state index is -0.475. The summed E-state index contributed by atoms with van der Waals surface area (Å²) in [4.78, 5) is 30.2. The maximum atomic E-state index is 12.1. The molecule has 3 rings (SSSR count). The summed E-state index contributed by atoms with van der Waals surface area (Å²) < 4.78 is 11.5. The van der Waals surface area contributed by atoms with Crippen molar-refractivity contribution in [1.82, 2.24) is 14.5 Å². The molecule has 0 radical (unpaired) electrons. The van der Waals surface area contributed by atoms with E-state index in [0.29, 0.717) is 28.0 Å². The van der Waals surface area contributed by atoms with Crippen molar-refractivity contribution in [3.05, 3.63) is 45.6 Å². The molecular weight excluding hydrogens is 262 g/mol. The van der Waals surface area contributed by atoms with Crippen LogP contribution in [0.4, 0.5) is 0 Å². The van der Waals surface area contributed by atoms with Crippen LogP contribution in [0.15, 0.2) is 38.7 Å². The molecule has 2 aromatic heterocycles. The lowest BCUT2D eigenvalue weighted by Crippen LogP contribution is -2.32. The van der Waals surface area contributed by atoms with E-state index in [-0.39, 0.29) is 5.56 Å². The zero-order valence-corrected chi connectivity index (χ0v) is 10.8. The first-order valence-corrected chi connectivity index (χ1v) is 5.81. The van der Waals surface area contributed by atoms with Crippen LogP contribution in [-0.4, -0.2) is 21.6 Å². The Bertz CT molecular complexity index is 890.